The number of aliphatic hydroxyl groups excluding tert-OH is 1. The second-order valence-electron chi connectivity index (χ2n) is 10.1. The largest absolute Gasteiger partial charge is 0.392 e. The van der Waals surface area contributed by atoms with Gasteiger partial charge in [-0.25, -0.2) is 14.8 Å². The second kappa shape index (κ2) is 13.0. The number of hydrogen-bond acceptors (Lipinski definition) is 11. The lowest BCUT2D eigenvalue weighted by Crippen LogP contribution is -2.37. The van der Waals surface area contributed by atoms with E-state index in [1.165, 1.54) is 0 Å². The highest BCUT2D eigenvalue weighted by molar-refractivity contribution is 5.99. The highest BCUT2D eigenvalue weighted by Crippen LogP contribution is 2.28. The summed E-state index contributed by atoms with van der Waals surface area (Å²) in [5.41, 5.74) is 12.4. The number of rotatable bonds is 9. The van der Waals surface area contributed by atoms with Gasteiger partial charge >= 0.3 is 6.03 Å². The van der Waals surface area contributed by atoms with Crippen molar-refractivity contribution in [3.8, 4) is 11.4 Å². The van der Waals surface area contributed by atoms with Crippen LogP contribution in [-0.4, -0.2) is 71.1 Å². The van der Waals surface area contributed by atoms with Crippen molar-refractivity contribution in [3.63, 3.8) is 0 Å². The van der Waals surface area contributed by atoms with Crippen molar-refractivity contribution in [2.24, 2.45) is 0 Å². The van der Waals surface area contributed by atoms with Crippen LogP contribution in [0.2, 0.25) is 0 Å². The number of urea groups is 1. The summed E-state index contributed by atoms with van der Waals surface area (Å²) in [7, 11) is 1.66. The van der Waals surface area contributed by atoms with E-state index >= 15 is 0 Å². The Morgan fingerprint density at radius 3 is 2.44 bits per heavy atom. The molecule has 1 fully saturated rings. The molecule has 2 aromatic heterocycles. The van der Waals surface area contributed by atoms with Gasteiger partial charge in [0.25, 0.3) is 0 Å². The molecule has 4 heterocycles. The molecule has 1 saturated heterocycles. The second-order valence-corrected chi connectivity index (χ2v) is 10.1. The predicted molar refractivity (Wildman–Crippen MR) is 163 cm³/mol. The average Bonchev–Trinajstić information content (AvgIpc) is 3.48. The summed E-state index contributed by atoms with van der Waals surface area (Å²) in [5.74, 6) is 1.34. The van der Waals surface area contributed by atoms with Crippen LogP contribution in [0.5, 0.6) is 0 Å². The molecule has 0 atom stereocenters. The molecule has 0 saturated carbocycles. The molecule has 0 unspecified atom stereocenters. The number of carbonyl (C=O) groups is 1. The van der Waals surface area contributed by atoms with E-state index in [9.17, 15) is 9.90 Å². The van der Waals surface area contributed by atoms with Gasteiger partial charge < -0.3 is 35.5 Å². The van der Waals surface area contributed by atoms with E-state index < -0.39 is 0 Å². The molecule has 13 heteroatoms. The number of carbonyl (C=O) groups excluding carboxylic acids is 1. The number of fused-ring (bicyclic) bond motifs is 1. The standard InChI is InChI=1S/C30H33N9O4/c1-42-19-25-17-39(37-36-25)16-21-14-26-27(31-15-21)29(38-10-12-43-13-11-38)35-28(34-26)22-4-8-24(9-5-22)33-30(41)32-23-6-2-20(18-40)3-7-23/h2-9,14-15,17,36-37,40H,10-13,16,18-19H2,1H3,(H2,32,33,41). The number of anilines is 3. The van der Waals surface area contributed by atoms with Crippen molar-refractivity contribution in [2.45, 2.75) is 13.2 Å². The van der Waals surface area contributed by atoms with Gasteiger partial charge in [-0.2, -0.15) is 0 Å². The van der Waals surface area contributed by atoms with Crippen molar-refractivity contribution in [1.29, 1.82) is 0 Å². The minimum Gasteiger partial charge on any atom is -0.392 e. The zero-order valence-corrected chi connectivity index (χ0v) is 23.7. The third-order valence-corrected chi connectivity index (χ3v) is 7.00. The predicted octanol–water partition coefficient (Wildman–Crippen LogP) is 2.98. The van der Waals surface area contributed by atoms with Crippen LogP contribution < -0.4 is 26.5 Å². The number of nitrogens with one attached hydrogen (secondary N) is 4. The van der Waals surface area contributed by atoms with E-state index in [2.05, 4.69) is 26.5 Å². The van der Waals surface area contributed by atoms with Gasteiger partial charge in [0.2, 0.25) is 0 Å². The molecule has 0 spiro atoms. The number of hydrazine groups is 2. The number of methoxy groups -OCH3 is 1. The summed E-state index contributed by atoms with van der Waals surface area (Å²) in [6, 6.07) is 16.1. The summed E-state index contributed by atoms with van der Waals surface area (Å²) in [6.07, 6.45) is 3.81. The molecular formula is C30H33N9O4. The molecule has 2 aliphatic rings. The van der Waals surface area contributed by atoms with E-state index in [1.807, 2.05) is 47.7 Å². The molecule has 13 nitrogen and oxygen atoms in total. The van der Waals surface area contributed by atoms with Gasteiger partial charge in [0.05, 0.1) is 44.2 Å². The first-order valence-corrected chi connectivity index (χ1v) is 13.9. The molecule has 2 aliphatic heterocycles. The maximum atomic E-state index is 12.5. The van der Waals surface area contributed by atoms with Gasteiger partial charge in [-0.05, 0) is 53.6 Å². The Balaban J connectivity index is 1.23. The first-order valence-electron chi connectivity index (χ1n) is 13.9. The Labute approximate surface area is 248 Å². The fraction of sp³-hybridized carbons (Fsp3) is 0.267. The quantitative estimate of drug-likeness (QED) is 0.198. The van der Waals surface area contributed by atoms with Crippen molar-refractivity contribution < 1.29 is 19.4 Å². The summed E-state index contributed by atoms with van der Waals surface area (Å²) in [6.45, 7) is 3.68. The average molecular weight is 584 g/mol. The van der Waals surface area contributed by atoms with Crippen LogP contribution in [-0.2, 0) is 22.6 Å². The molecule has 2 amide bonds. The fourth-order valence-corrected chi connectivity index (χ4v) is 4.85. The Morgan fingerprint density at radius 1 is 1.02 bits per heavy atom. The van der Waals surface area contributed by atoms with Crippen LogP contribution in [0.4, 0.5) is 22.0 Å². The van der Waals surface area contributed by atoms with Crippen molar-refractivity contribution in [1.82, 2.24) is 30.9 Å². The Hall–Kier alpha value is -4.82. The van der Waals surface area contributed by atoms with Gasteiger partial charge in [-0.15, -0.1) is 5.53 Å². The smallest absolute Gasteiger partial charge is 0.323 e. The van der Waals surface area contributed by atoms with E-state index in [4.69, 9.17) is 24.4 Å². The topological polar surface area (TPSA) is 149 Å². The maximum absolute atomic E-state index is 12.5. The van der Waals surface area contributed by atoms with Crippen molar-refractivity contribution in [2.75, 3.05) is 55.6 Å². The first kappa shape index (κ1) is 28.3. The van der Waals surface area contributed by atoms with E-state index in [-0.39, 0.29) is 12.6 Å². The molecule has 5 N–H and O–H groups in total. The molecule has 6 rings (SSSR count). The lowest BCUT2D eigenvalue weighted by atomic mass is 10.1. The SMILES string of the molecule is COCC1=CN(Cc2cnc3c(N4CCOCC4)nc(-c4ccc(NC(=O)Nc5ccc(CO)cc5)cc4)nc3c2)NN1. The summed E-state index contributed by atoms with van der Waals surface area (Å²) in [5, 5.41) is 16.8. The summed E-state index contributed by atoms with van der Waals surface area (Å²) >= 11 is 0. The normalized spacial score (nSPS) is 14.9. The lowest BCUT2D eigenvalue weighted by Gasteiger charge is -2.28. The molecule has 4 aromatic rings. The third kappa shape index (κ3) is 6.81. The van der Waals surface area contributed by atoms with E-state index in [0.29, 0.717) is 56.7 Å². The Bertz CT molecular complexity index is 1610. The fourth-order valence-electron chi connectivity index (χ4n) is 4.85. The van der Waals surface area contributed by atoms with Crippen molar-refractivity contribution in [3.05, 3.63) is 83.8 Å². The highest BCUT2D eigenvalue weighted by Gasteiger charge is 2.20. The maximum Gasteiger partial charge on any atom is 0.323 e. The van der Waals surface area contributed by atoms with E-state index in [0.717, 1.165) is 39.2 Å². The van der Waals surface area contributed by atoms with Crippen LogP contribution in [0.15, 0.2) is 72.7 Å². The molecule has 0 aliphatic carbocycles. The first-order chi connectivity index (χ1) is 21.1. The Kier molecular flexibility index (Phi) is 8.56. The zero-order chi connectivity index (χ0) is 29.6. The number of aliphatic hydroxyl groups is 1. The number of benzene rings is 2. The monoisotopic (exact) mass is 583 g/mol. The van der Waals surface area contributed by atoms with Crippen LogP contribution in [0, 0.1) is 0 Å². The number of hydrogen-bond donors (Lipinski definition) is 5. The molecule has 2 aromatic carbocycles. The third-order valence-electron chi connectivity index (χ3n) is 7.00. The molecule has 222 valence electrons. The Morgan fingerprint density at radius 2 is 1.74 bits per heavy atom. The van der Waals surface area contributed by atoms with Gasteiger partial charge in [0.15, 0.2) is 11.6 Å². The van der Waals surface area contributed by atoms with Crippen LogP contribution in [0.3, 0.4) is 0 Å². The minimum atomic E-state index is -0.369. The summed E-state index contributed by atoms with van der Waals surface area (Å²) < 4.78 is 10.8. The molecule has 43 heavy (non-hydrogen) atoms. The highest BCUT2D eigenvalue weighted by atomic mass is 16.5. The van der Waals surface area contributed by atoms with Gasteiger partial charge in [-0.3, -0.25) is 9.99 Å². The number of pyridine rings is 1. The van der Waals surface area contributed by atoms with E-state index in [1.54, 1.807) is 31.4 Å². The number of ether oxygens (including phenoxy) is 2. The molecular weight excluding hydrogens is 550 g/mol. The zero-order valence-electron chi connectivity index (χ0n) is 23.7. The lowest BCUT2D eigenvalue weighted by molar-refractivity contribution is 0.122. The number of morpholine rings is 1. The molecule has 0 bridgehead atoms. The number of nitrogens with zero attached hydrogens (tertiary/aromatic N) is 5. The van der Waals surface area contributed by atoms with Gasteiger partial charge in [-0.1, -0.05) is 12.1 Å². The number of aromatic nitrogens is 3. The number of amides is 2. The van der Waals surface area contributed by atoms with Crippen LogP contribution in [0.1, 0.15) is 11.1 Å². The van der Waals surface area contributed by atoms with Gasteiger partial charge in [0.1, 0.15) is 5.52 Å². The summed E-state index contributed by atoms with van der Waals surface area (Å²) in [4.78, 5) is 29.3. The van der Waals surface area contributed by atoms with Gasteiger partial charge in [0, 0.05) is 49.5 Å². The van der Waals surface area contributed by atoms with Crippen molar-refractivity contribution >= 4 is 34.3 Å². The minimum absolute atomic E-state index is 0.0488. The van der Waals surface area contributed by atoms with Crippen LogP contribution in [0.25, 0.3) is 22.4 Å². The van der Waals surface area contributed by atoms with Crippen LogP contribution >= 0.6 is 0 Å². The molecule has 0 radical (unpaired) electrons.